The number of hydrogen-bond acceptors (Lipinski definition) is 5. The summed E-state index contributed by atoms with van der Waals surface area (Å²) in [5.41, 5.74) is 1.29. The van der Waals surface area contributed by atoms with Gasteiger partial charge in [-0.25, -0.2) is 9.97 Å². The molecule has 1 fully saturated rings. The molecule has 0 radical (unpaired) electrons. The molecule has 1 aromatic carbocycles. The second-order valence-electron chi connectivity index (χ2n) is 7.31. The van der Waals surface area contributed by atoms with E-state index in [1.165, 1.54) is 5.56 Å². The molecule has 0 spiro atoms. The minimum atomic E-state index is 0.837. The number of hydrogen-bond donors (Lipinski definition) is 1. The van der Waals surface area contributed by atoms with Crippen molar-refractivity contribution in [2.24, 2.45) is 4.99 Å². The van der Waals surface area contributed by atoms with Crippen LogP contribution in [0.3, 0.4) is 0 Å². The average Bonchev–Trinajstić information content (AvgIpc) is 2.77. The summed E-state index contributed by atoms with van der Waals surface area (Å²) < 4.78 is 0. The molecule has 7 heteroatoms. The Morgan fingerprint density at radius 1 is 1.07 bits per heavy atom. The maximum absolute atomic E-state index is 4.83. The first-order valence-corrected chi connectivity index (χ1v) is 10.5. The van der Waals surface area contributed by atoms with Crippen LogP contribution in [-0.2, 0) is 6.54 Å². The van der Waals surface area contributed by atoms with Gasteiger partial charge in [0, 0.05) is 71.8 Å². The largest absolute Gasteiger partial charge is 0.357 e. The second kappa shape index (κ2) is 11.4. The SMILES string of the molecule is CCNC(=NCCCN1CCN(c2ncccn2)CC1)N(C)Cc1ccccc1. The van der Waals surface area contributed by atoms with Crippen LogP contribution in [-0.4, -0.2) is 78.6 Å². The Morgan fingerprint density at radius 3 is 2.48 bits per heavy atom. The van der Waals surface area contributed by atoms with Gasteiger partial charge in [0.05, 0.1) is 0 Å². The number of piperazine rings is 1. The maximum atomic E-state index is 4.83. The van der Waals surface area contributed by atoms with Gasteiger partial charge in [-0.15, -0.1) is 0 Å². The number of guanidine groups is 1. The van der Waals surface area contributed by atoms with Gasteiger partial charge in [-0.1, -0.05) is 30.3 Å². The van der Waals surface area contributed by atoms with E-state index in [-0.39, 0.29) is 0 Å². The predicted octanol–water partition coefficient (Wildman–Crippen LogP) is 2.09. The van der Waals surface area contributed by atoms with Crippen molar-refractivity contribution in [1.29, 1.82) is 0 Å². The van der Waals surface area contributed by atoms with E-state index in [0.717, 1.165) is 70.7 Å². The Labute approximate surface area is 174 Å². The highest BCUT2D eigenvalue weighted by molar-refractivity contribution is 5.79. The van der Waals surface area contributed by atoms with E-state index in [1.807, 2.05) is 18.5 Å². The number of benzene rings is 1. The summed E-state index contributed by atoms with van der Waals surface area (Å²) >= 11 is 0. The first-order valence-electron chi connectivity index (χ1n) is 10.5. The van der Waals surface area contributed by atoms with Crippen molar-refractivity contribution >= 4 is 11.9 Å². The van der Waals surface area contributed by atoms with Crippen molar-refractivity contribution in [3.63, 3.8) is 0 Å². The van der Waals surface area contributed by atoms with Crippen molar-refractivity contribution in [2.45, 2.75) is 19.9 Å². The topological polar surface area (TPSA) is 59.9 Å². The number of aliphatic imine (C=N–C) groups is 1. The molecule has 2 aromatic rings. The molecule has 0 amide bonds. The van der Waals surface area contributed by atoms with Crippen LogP contribution in [0.2, 0.25) is 0 Å². The lowest BCUT2D eigenvalue weighted by molar-refractivity contribution is 0.255. The van der Waals surface area contributed by atoms with E-state index in [1.54, 1.807) is 0 Å². The number of aromatic nitrogens is 2. The summed E-state index contributed by atoms with van der Waals surface area (Å²) in [5.74, 6) is 1.82. The first-order chi connectivity index (χ1) is 14.3. The number of rotatable bonds is 8. The molecular weight excluding hydrogens is 362 g/mol. The van der Waals surface area contributed by atoms with Gasteiger partial charge >= 0.3 is 0 Å². The molecule has 0 bridgehead atoms. The minimum Gasteiger partial charge on any atom is -0.357 e. The highest BCUT2D eigenvalue weighted by Crippen LogP contribution is 2.10. The Morgan fingerprint density at radius 2 is 1.79 bits per heavy atom. The molecule has 2 heterocycles. The van der Waals surface area contributed by atoms with Crippen LogP contribution < -0.4 is 10.2 Å². The standard InChI is InChI=1S/C22H33N7/c1-3-23-21(27(2)19-20-9-5-4-6-10-20)24-13-8-14-28-15-17-29(18-16-28)22-25-11-7-12-26-22/h4-7,9-12H,3,8,13-19H2,1-2H3,(H,23,24). The molecule has 1 aliphatic rings. The van der Waals surface area contributed by atoms with Crippen molar-refractivity contribution in [3.05, 3.63) is 54.4 Å². The molecule has 0 atom stereocenters. The molecule has 0 saturated carbocycles. The fourth-order valence-electron chi connectivity index (χ4n) is 3.51. The molecule has 1 aliphatic heterocycles. The van der Waals surface area contributed by atoms with Gasteiger partial charge in [-0.3, -0.25) is 9.89 Å². The van der Waals surface area contributed by atoms with Gasteiger partial charge in [-0.2, -0.15) is 0 Å². The first kappa shape index (κ1) is 21.0. The van der Waals surface area contributed by atoms with Gasteiger partial charge in [0.15, 0.2) is 5.96 Å². The van der Waals surface area contributed by atoms with Crippen LogP contribution in [0.5, 0.6) is 0 Å². The Kier molecular flexibility index (Phi) is 8.25. The molecule has 7 nitrogen and oxygen atoms in total. The van der Waals surface area contributed by atoms with Crippen molar-refractivity contribution in [3.8, 4) is 0 Å². The summed E-state index contributed by atoms with van der Waals surface area (Å²) in [5, 5.41) is 3.41. The molecule has 1 N–H and O–H groups in total. The quantitative estimate of drug-likeness (QED) is 0.420. The Balaban J connectivity index is 1.41. The molecule has 156 valence electrons. The molecule has 29 heavy (non-hydrogen) atoms. The van der Waals surface area contributed by atoms with Crippen LogP contribution in [0.25, 0.3) is 0 Å². The van der Waals surface area contributed by atoms with Gasteiger partial charge in [0.1, 0.15) is 0 Å². The van der Waals surface area contributed by atoms with Gasteiger partial charge < -0.3 is 15.1 Å². The lowest BCUT2D eigenvalue weighted by Crippen LogP contribution is -2.47. The van der Waals surface area contributed by atoms with Crippen LogP contribution in [0.1, 0.15) is 18.9 Å². The monoisotopic (exact) mass is 395 g/mol. The van der Waals surface area contributed by atoms with Crippen molar-refractivity contribution in [2.75, 3.05) is 57.8 Å². The molecule has 0 unspecified atom stereocenters. The summed E-state index contributed by atoms with van der Waals surface area (Å²) in [4.78, 5) is 20.5. The zero-order valence-electron chi connectivity index (χ0n) is 17.7. The van der Waals surface area contributed by atoms with E-state index in [4.69, 9.17) is 4.99 Å². The molecule has 3 rings (SSSR count). The van der Waals surface area contributed by atoms with Crippen molar-refractivity contribution in [1.82, 2.24) is 25.1 Å². The van der Waals surface area contributed by atoms with E-state index in [2.05, 4.69) is 74.3 Å². The highest BCUT2D eigenvalue weighted by atomic mass is 15.3. The molecule has 1 aromatic heterocycles. The number of nitrogens with zero attached hydrogens (tertiary/aromatic N) is 6. The van der Waals surface area contributed by atoms with Crippen molar-refractivity contribution < 1.29 is 0 Å². The van der Waals surface area contributed by atoms with E-state index in [9.17, 15) is 0 Å². The van der Waals surface area contributed by atoms with Crippen LogP contribution in [0.4, 0.5) is 5.95 Å². The lowest BCUT2D eigenvalue weighted by atomic mass is 10.2. The van der Waals surface area contributed by atoms with Crippen LogP contribution >= 0.6 is 0 Å². The molecular formula is C22H33N7. The Bertz CT molecular complexity index is 727. The smallest absolute Gasteiger partial charge is 0.225 e. The van der Waals surface area contributed by atoms with Gasteiger partial charge in [0.2, 0.25) is 5.95 Å². The summed E-state index contributed by atoms with van der Waals surface area (Å²) in [6.07, 6.45) is 4.68. The summed E-state index contributed by atoms with van der Waals surface area (Å²) in [7, 11) is 2.10. The summed E-state index contributed by atoms with van der Waals surface area (Å²) in [6.45, 7) is 9.83. The minimum absolute atomic E-state index is 0.837. The second-order valence-corrected chi connectivity index (χ2v) is 7.31. The summed E-state index contributed by atoms with van der Waals surface area (Å²) in [6, 6.07) is 12.4. The zero-order chi connectivity index (χ0) is 20.3. The number of anilines is 1. The van der Waals surface area contributed by atoms with Crippen LogP contribution in [0.15, 0.2) is 53.8 Å². The average molecular weight is 396 g/mol. The normalized spacial score (nSPS) is 15.4. The zero-order valence-corrected chi connectivity index (χ0v) is 17.7. The van der Waals surface area contributed by atoms with E-state index >= 15 is 0 Å². The Hall–Kier alpha value is -2.67. The van der Waals surface area contributed by atoms with E-state index < -0.39 is 0 Å². The third-order valence-corrected chi connectivity index (χ3v) is 5.06. The third-order valence-electron chi connectivity index (χ3n) is 5.06. The highest BCUT2D eigenvalue weighted by Gasteiger charge is 2.18. The maximum Gasteiger partial charge on any atom is 0.225 e. The van der Waals surface area contributed by atoms with Gasteiger partial charge in [0.25, 0.3) is 0 Å². The third kappa shape index (κ3) is 6.71. The predicted molar refractivity (Wildman–Crippen MR) is 119 cm³/mol. The van der Waals surface area contributed by atoms with Crippen LogP contribution in [0, 0.1) is 0 Å². The fraction of sp³-hybridized carbons (Fsp3) is 0.500. The fourth-order valence-corrected chi connectivity index (χ4v) is 3.51. The lowest BCUT2D eigenvalue weighted by Gasteiger charge is -2.34. The molecule has 1 saturated heterocycles. The van der Waals surface area contributed by atoms with E-state index in [0.29, 0.717) is 0 Å². The van der Waals surface area contributed by atoms with Gasteiger partial charge in [-0.05, 0) is 25.0 Å². The molecule has 0 aliphatic carbocycles. The number of nitrogens with one attached hydrogen (secondary N) is 1.